The summed E-state index contributed by atoms with van der Waals surface area (Å²) in [7, 11) is 0. The van der Waals surface area contributed by atoms with Gasteiger partial charge in [0, 0.05) is 13.1 Å². The van der Waals surface area contributed by atoms with Gasteiger partial charge in [-0.25, -0.2) is 0 Å². The Morgan fingerprint density at radius 3 is 2.57 bits per heavy atom. The van der Waals surface area contributed by atoms with Crippen LogP contribution in [0.15, 0.2) is 0 Å². The first-order valence-electron chi connectivity index (χ1n) is 4.60. The Morgan fingerprint density at radius 1 is 1.43 bits per heavy atom. The molecule has 0 amide bonds. The number of rotatable bonds is 3. The van der Waals surface area contributed by atoms with Gasteiger partial charge in [0.2, 0.25) is 0 Å². The molecule has 0 aliphatic carbocycles. The van der Waals surface area contributed by atoms with E-state index in [2.05, 4.69) is 0 Å². The zero-order valence-corrected chi connectivity index (χ0v) is 8.00. The number of nitrogens with zero attached hydrogens (tertiary/aromatic N) is 1. The number of aliphatic hydroxyl groups is 1. The van der Waals surface area contributed by atoms with Gasteiger partial charge in [0.15, 0.2) is 0 Å². The molecule has 1 heterocycles. The molecule has 0 aromatic rings. The summed E-state index contributed by atoms with van der Waals surface area (Å²) in [6.45, 7) is -2.88. The third kappa shape index (κ3) is 3.85. The lowest BCUT2D eigenvalue weighted by Crippen LogP contribution is -2.51. The highest BCUT2D eigenvalue weighted by Crippen LogP contribution is 2.16. The van der Waals surface area contributed by atoms with Crippen molar-refractivity contribution in [2.45, 2.75) is 19.1 Å². The molecular formula is C7H14BF3NO2-. The molecule has 1 aliphatic rings. The molecule has 0 spiro atoms. The fourth-order valence-corrected chi connectivity index (χ4v) is 1.68. The third-order valence-corrected chi connectivity index (χ3v) is 2.07. The molecule has 1 fully saturated rings. The minimum absolute atomic E-state index is 0.155. The summed E-state index contributed by atoms with van der Waals surface area (Å²) in [6, 6.07) is 0. The van der Waals surface area contributed by atoms with E-state index in [-0.39, 0.29) is 25.8 Å². The molecule has 0 aromatic carbocycles. The Kier molecular flexibility index (Phi) is 3.80. The van der Waals surface area contributed by atoms with E-state index in [0.29, 0.717) is 0 Å². The zero-order chi connectivity index (χ0) is 10.8. The summed E-state index contributed by atoms with van der Waals surface area (Å²) in [5, 5.41) is 8.80. The number of hydrogen-bond acceptors (Lipinski definition) is 3. The highest BCUT2D eigenvalue weighted by Gasteiger charge is 2.31. The Bertz CT molecular complexity index is 190. The monoisotopic (exact) mass is 212 g/mol. The lowest BCUT2D eigenvalue weighted by Gasteiger charge is -2.38. The van der Waals surface area contributed by atoms with Crippen molar-refractivity contribution >= 4 is 6.98 Å². The summed E-state index contributed by atoms with van der Waals surface area (Å²) in [6.07, 6.45) is -1.61. The highest BCUT2D eigenvalue weighted by molar-refractivity contribution is 6.58. The quantitative estimate of drug-likeness (QED) is 0.689. The second-order valence-electron chi connectivity index (χ2n) is 3.68. The van der Waals surface area contributed by atoms with Crippen LogP contribution in [0.4, 0.5) is 12.9 Å². The molecular weight excluding hydrogens is 198 g/mol. The number of morpholine rings is 1. The van der Waals surface area contributed by atoms with Gasteiger partial charge in [-0.2, -0.15) is 0 Å². The molecule has 2 atom stereocenters. The van der Waals surface area contributed by atoms with Gasteiger partial charge in [0.05, 0.1) is 18.8 Å². The molecule has 0 saturated carbocycles. The van der Waals surface area contributed by atoms with Gasteiger partial charge < -0.3 is 27.7 Å². The van der Waals surface area contributed by atoms with E-state index in [0.717, 1.165) is 0 Å². The number of halogens is 3. The molecule has 3 nitrogen and oxygen atoms in total. The second-order valence-corrected chi connectivity index (χ2v) is 3.68. The van der Waals surface area contributed by atoms with Gasteiger partial charge in [-0.1, -0.05) is 0 Å². The van der Waals surface area contributed by atoms with Crippen LogP contribution in [-0.2, 0) is 4.74 Å². The average Bonchev–Trinajstić information content (AvgIpc) is 1.99. The Labute approximate surface area is 80.9 Å². The molecule has 0 aromatic heterocycles. The van der Waals surface area contributed by atoms with Crippen LogP contribution in [0.2, 0.25) is 0 Å². The molecule has 2 unspecified atom stereocenters. The van der Waals surface area contributed by atoms with Crippen molar-refractivity contribution in [1.29, 1.82) is 0 Å². The SMILES string of the molecule is CC1CN(C[B-](F)(F)F)CC(CO)O1. The van der Waals surface area contributed by atoms with Crippen LogP contribution < -0.4 is 0 Å². The van der Waals surface area contributed by atoms with Crippen molar-refractivity contribution in [3.63, 3.8) is 0 Å². The van der Waals surface area contributed by atoms with Crippen LogP contribution in [0.3, 0.4) is 0 Å². The number of aliphatic hydroxyl groups excluding tert-OH is 1. The van der Waals surface area contributed by atoms with Gasteiger partial charge >= 0.3 is 6.98 Å². The van der Waals surface area contributed by atoms with Crippen LogP contribution in [0.1, 0.15) is 6.92 Å². The third-order valence-electron chi connectivity index (χ3n) is 2.07. The Hall–Kier alpha value is -0.265. The Balaban J connectivity index is 2.45. The van der Waals surface area contributed by atoms with Crippen LogP contribution in [0.5, 0.6) is 0 Å². The minimum Gasteiger partial charge on any atom is -0.448 e. The Morgan fingerprint density at radius 2 is 2.07 bits per heavy atom. The van der Waals surface area contributed by atoms with Gasteiger partial charge in [-0.15, -0.1) is 0 Å². The summed E-state index contributed by atoms with van der Waals surface area (Å²) in [5.41, 5.74) is 0. The van der Waals surface area contributed by atoms with Gasteiger partial charge in [0.1, 0.15) is 0 Å². The molecule has 0 bridgehead atoms. The molecule has 7 heteroatoms. The minimum atomic E-state index is -4.79. The molecule has 84 valence electrons. The maximum Gasteiger partial charge on any atom is 0.492 e. The maximum atomic E-state index is 12.1. The lowest BCUT2D eigenvalue weighted by molar-refractivity contribution is -0.0924. The van der Waals surface area contributed by atoms with Crippen LogP contribution in [-0.4, -0.2) is 55.3 Å². The molecule has 0 radical (unpaired) electrons. The highest BCUT2D eigenvalue weighted by atomic mass is 19.4. The van der Waals surface area contributed by atoms with Crippen molar-refractivity contribution in [3.05, 3.63) is 0 Å². The first-order chi connectivity index (χ1) is 6.40. The topological polar surface area (TPSA) is 32.7 Å². The summed E-state index contributed by atoms with van der Waals surface area (Å²) in [4.78, 5) is 1.29. The van der Waals surface area contributed by atoms with Gasteiger partial charge in [-0.05, 0) is 13.4 Å². The molecule has 1 saturated heterocycles. The van der Waals surface area contributed by atoms with E-state index in [4.69, 9.17) is 9.84 Å². The normalized spacial score (nSPS) is 30.6. The van der Waals surface area contributed by atoms with Crippen molar-refractivity contribution in [2.75, 3.05) is 26.1 Å². The van der Waals surface area contributed by atoms with Crippen molar-refractivity contribution in [1.82, 2.24) is 4.90 Å². The summed E-state index contributed by atoms with van der Waals surface area (Å²) in [5.74, 6) is 0. The summed E-state index contributed by atoms with van der Waals surface area (Å²) < 4.78 is 41.6. The summed E-state index contributed by atoms with van der Waals surface area (Å²) >= 11 is 0. The largest absolute Gasteiger partial charge is 0.492 e. The predicted octanol–water partition coefficient (Wildman–Crippen LogP) is 0.455. The van der Waals surface area contributed by atoms with E-state index in [1.54, 1.807) is 6.92 Å². The molecule has 1 N–H and O–H groups in total. The van der Waals surface area contributed by atoms with E-state index >= 15 is 0 Å². The van der Waals surface area contributed by atoms with Crippen LogP contribution >= 0.6 is 0 Å². The first-order valence-corrected chi connectivity index (χ1v) is 4.60. The average molecular weight is 212 g/mol. The second kappa shape index (κ2) is 4.50. The van der Waals surface area contributed by atoms with E-state index in [9.17, 15) is 12.9 Å². The number of ether oxygens (including phenoxy) is 1. The first kappa shape index (κ1) is 11.8. The lowest BCUT2D eigenvalue weighted by atomic mass is 9.90. The van der Waals surface area contributed by atoms with E-state index in [1.807, 2.05) is 0 Å². The van der Waals surface area contributed by atoms with Crippen molar-refractivity contribution in [3.8, 4) is 0 Å². The molecule has 1 rings (SSSR count). The molecule has 14 heavy (non-hydrogen) atoms. The maximum absolute atomic E-state index is 12.1. The van der Waals surface area contributed by atoms with E-state index in [1.165, 1.54) is 4.90 Å². The fourth-order valence-electron chi connectivity index (χ4n) is 1.68. The van der Waals surface area contributed by atoms with Gasteiger partial charge in [0.25, 0.3) is 0 Å². The predicted molar refractivity (Wildman–Crippen MR) is 46.9 cm³/mol. The van der Waals surface area contributed by atoms with Gasteiger partial charge in [-0.3, -0.25) is 0 Å². The van der Waals surface area contributed by atoms with Crippen LogP contribution in [0, 0.1) is 0 Å². The molecule has 1 aliphatic heterocycles. The standard InChI is InChI=1S/C7H14BF3NO2/c1-6-2-12(5-8(9,10)11)3-7(4-13)14-6/h6-7,13H,2-5H2,1H3/q-1. The van der Waals surface area contributed by atoms with E-state index < -0.39 is 19.5 Å². The zero-order valence-electron chi connectivity index (χ0n) is 8.00. The van der Waals surface area contributed by atoms with Crippen molar-refractivity contribution < 1.29 is 22.8 Å². The number of hydrogen-bond donors (Lipinski definition) is 1. The van der Waals surface area contributed by atoms with Crippen molar-refractivity contribution in [2.24, 2.45) is 0 Å². The fraction of sp³-hybridized carbons (Fsp3) is 1.00. The van der Waals surface area contributed by atoms with Crippen LogP contribution in [0.25, 0.3) is 0 Å². The smallest absolute Gasteiger partial charge is 0.448 e.